The van der Waals surface area contributed by atoms with Crippen molar-refractivity contribution >= 4 is 17.3 Å². The lowest BCUT2D eigenvalue weighted by atomic mass is 9.70. The topological polar surface area (TPSA) is 106 Å². The smallest absolute Gasteiger partial charge is 0.258 e. The average molecular weight is 506 g/mol. The number of rotatable bonds is 3. The number of aliphatic hydroxyl groups is 1. The number of piperidine rings is 1. The number of nitriles is 1. The fourth-order valence-electron chi connectivity index (χ4n) is 5.95. The van der Waals surface area contributed by atoms with Crippen molar-refractivity contribution in [3.63, 3.8) is 0 Å². The molecule has 1 aromatic heterocycles. The highest BCUT2D eigenvalue weighted by Gasteiger charge is 2.47. The SMILES string of the molecule is Cc1nnc(-c2ccc(N3CCC(C4(O)c5ccccc5C(=O)N(C)c5ccccc54)CC3)c(C#N)c2)o1. The molecule has 0 bridgehead atoms. The van der Waals surface area contributed by atoms with Crippen molar-refractivity contribution in [3.05, 3.63) is 94.9 Å². The first-order valence-electron chi connectivity index (χ1n) is 12.7. The number of carbonyl (C=O) groups is 1. The van der Waals surface area contributed by atoms with E-state index in [0.29, 0.717) is 60.0 Å². The van der Waals surface area contributed by atoms with E-state index in [1.165, 1.54) is 0 Å². The summed E-state index contributed by atoms with van der Waals surface area (Å²) in [6, 6.07) is 22.9. The van der Waals surface area contributed by atoms with Crippen LogP contribution in [0.4, 0.5) is 11.4 Å². The first-order chi connectivity index (χ1) is 18.4. The molecule has 38 heavy (non-hydrogen) atoms. The molecule has 1 N–H and O–H groups in total. The van der Waals surface area contributed by atoms with Crippen LogP contribution in [0.2, 0.25) is 0 Å². The molecule has 3 heterocycles. The lowest BCUT2D eigenvalue weighted by Gasteiger charge is -2.43. The first kappa shape index (κ1) is 23.9. The van der Waals surface area contributed by atoms with E-state index in [1.54, 1.807) is 31.0 Å². The lowest BCUT2D eigenvalue weighted by molar-refractivity contribution is 0.00555. The Morgan fingerprint density at radius 3 is 2.42 bits per heavy atom. The number of nitrogens with zero attached hydrogens (tertiary/aromatic N) is 5. The molecule has 1 amide bonds. The van der Waals surface area contributed by atoms with E-state index >= 15 is 0 Å². The number of benzene rings is 3. The maximum absolute atomic E-state index is 13.4. The summed E-state index contributed by atoms with van der Waals surface area (Å²) in [6.07, 6.45) is 1.37. The minimum atomic E-state index is -1.32. The van der Waals surface area contributed by atoms with Crippen LogP contribution in [0.25, 0.3) is 11.5 Å². The van der Waals surface area contributed by atoms with E-state index in [2.05, 4.69) is 21.2 Å². The van der Waals surface area contributed by atoms with Crippen LogP contribution in [0.3, 0.4) is 0 Å². The van der Waals surface area contributed by atoms with E-state index in [-0.39, 0.29) is 11.8 Å². The maximum Gasteiger partial charge on any atom is 0.258 e. The molecule has 2 aliphatic heterocycles. The highest BCUT2D eigenvalue weighted by atomic mass is 16.4. The lowest BCUT2D eigenvalue weighted by Crippen LogP contribution is -2.44. The molecule has 4 aromatic rings. The molecule has 1 fully saturated rings. The van der Waals surface area contributed by atoms with Crippen molar-refractivity contribution in [2.24, 2.45) is 5.92 Å². The van der Waals surface area contributed by atoms with E-state index in [4.69, 9.17) is 4.42 Å². The molecule has 3 aromatic carbocycles. The number of carbonyl (C=O) groups excluding carboxylic acids is 1. The Bertz CT molecular complexity index is 1580. The van der Waals surface area contributed by atoms with Crippen molar-refractivity contribution in [1.29, 1.82) is 5.26 Å². The van der Waals surface area contributed by atoms with Crippen LogP contribution in [0.15, 0.2) is 71.1 Å². The predicted molar refractivity (Wildman–Crippen MR) is 143 cm³/mol. The van der Waals surface area contributed by atoms with Crippen molar-refractivity contribution in [2.45, 2.75) is 25.4 Å². The molecule has 0 radical (unpaired) electrons. The number of aryl methyl sites for hydroxylation is 1. The number of fused-ring (bicyclic) bond motifs is 2. The van der Waals surface area contributed by atoms with Gasteiger partial charge in [0.15, 0.2) is 0 Å². The highest BCUT2D eigenvalue weighted by molar-refractivity contribution is 6.08. The zero-order valence-electron chi connectivity index (χ0n) is 21.3. The normalized spacial score (nSPS) is 19.5. The Kier molecular flexibility index (Phi) is 5.73. The molecule has 0 aliphatic carbocycles. The van der Waals surface area contributed by atoms with Gasteiger partial charge in [0.2, 0.25) is 11.8 Å². The van der Waals surface area contributed by atoms with Gasteiger partial charge < -0.3 is 19.3 Å². The van der Waals surface area contributed by atoms with E-state index in [0.717, 1.165) is 16.9 Å². The zero-order chi connectivity index (χ0) is 26.4. The Balaban J connectivity index is 1.33. The first-order valence-corrected chi connectivity index (χ1v) is 12.7. The van der Waals surface area contributed by atoms with Crippen molar-refractivity contribution in [3.8, 4) is 17.5 Å². The summed E-state index contributed by atoms with van der Waals surface area (Å²) < 4.78 is 5.53. The van der Waals surface area contributed by atoms with Crippen LogP contribution in [-0.2, 0) is 5.60 Å². The number of amides is 1. The van der Waals surface area contributed by atoms with Crippen LogP contribution >= 0.6 is 0 Å². The van der Waals surface area contributed by atoms with E-state index < -0.39 is 5.60 Å². The highest BCUT2D eigenvalue weighted by Crippen LogP contribution is 2.48. The van der Waals surface area contributed by atoms with Gasteiger partial charge in [-0.15, -0.1) is 10.2 Å². The molecule has 6 rings (SSSR count). The molecule has 1 atom stereocenters. The fraction of sp³-hybridized carbons (Fsp3) is 0.267. The fourth-order valence-corrected chi connectivity index (χ4v) is 5.95. The number of anilines is 2. The summed E-state index contributed by atoms with van der Waals surface area (Å²) in [5.41, 5.74) is 3.40. The quantitative estimate of drug-likeness (QED) is 0.432. The average Bonchev–Trinajstić information content (AvgIpc) is 3.39. The molecule has 8 nitrogen and oxygen atoms in total. The molecule has 0 spiro atoms. The Morgan fingerprint density at radius 2 is 1.71 bits per heavy atom. The van der Waals surface area contributed by atoms with Gasteiger partial charge in [0, 0.05) is 49.3 Å². The van der Waals surface area contributed by atoms with Gasteiger partial charge >= 0.3 is 0 Å². The standard InChI is InChI=1S/C30H27N5O3/c1-19-32-33-28(38-19)20-11-12-26(21(17-20)18-31)35-15-13-22(14-16-35)30(37)24-8-4-3-7-23(24)29(36)34(2)27-10-6-5-9-25(27)30/h3-12,17,22,37H,13-16H2,1-2H3. The largest absolute Gasteiger partial charge is 0.421 e. The zero-order valence-corrected chi connectivity index (χ0v) is 21.3. The molecular formula is C30H27N5O3. The Labute approximate surface area is 220 Å². The Hall–Kier alpha value is -4.48. The molecule has 8 heteroatoms. The van der Waals surface area contributed by atoms with Gasteiger partial charge in [-0.2, -0.15) is 5.26 Å². The number of hydrogen-bond acceptors (Lipinski definition) is 7. The summed E-state index contributed by atoms with van der Waals surface area (Å²) in [5, 5.41) is 30.4. The van der Waals surface area contributed by atoms with Crippen LogP contribution in [-0.4, -0.2) is 41.3 Å². The molecule has 1 unspecified atom stereocenters. The minimum Gasteiger partial charge on any atom is -0.421 e. The maximum atomic E-state index is 13.4. The Morgan fingerprint density at radius 1 is 1.00 bits per heavy atom. The van der Waals surface area contributed by atoms with Gasteiger partial charge in [-0.25, -0.2) is 0 Å². The number of hydrogen-bond donors (Lipinski definition) is 1. The number of para-hydroxylation sites is 1. The van der Waals surface area contributed by atoms with Crippen LogP contribution in [0, 0.1) is 24.2 Å². The monoisotopic (exact) mass is 505 g/mol. The molecular weight excluding hydrogens is 478 g/mol. The third-order valence-electron chi connectivity index (χ3n) is 7.87. The van der Waals surface area contributed by atoms with Gasteiger partial charge in [0.05, 0.1) is 16.9 Å². The summed E-state index contributed by atoms with van der Waals surface area (Å²) in [6.45, 7) is 3.05. The van der Waals surface area contributed by atoms with Gasteiger partial charge in [-0.05, 0) is 49.1 Å². The van der Waals surface area contributed by atoms with Crippen molar-refractivity contribution < 1.29 is 14.3 Å². The van der Waals surface area contributed by atoms with Gasteiger partial charge in [0.25, 0.3) is 5.91 Å². The summed E-state index contributed by atoms with van der Waals surface area (Å²) in [5.74, 6) is 0.608. The molecule has 0 saturated carbocycles. The third-order valence-corrected chi connectivity index (χ3v) is 7.87. The minimum absolute atomic E-state index is 0.119. The van der Waals surface area contributed by atoms with Gasteiger partial charge in [-0.3, -0.25) is 4.79 Å². The summed E-state index contributed by atoms with van der Waals surface area (Å²) >= 11 is 0. The second-order valence-electron chi connectivity index (χ2n) is 9.92. The molecule has 2 aliphatic rings. The summed E-state index contributed by atoms with van der Waals surface area (Å²) in [7, 11) is 1.76. The second kappa shape index (κ2) is 9.12. The summed E-state index contributed by atoms with van der Waals surface area (Å²) in [4.78, 5) is 17.2. The van der Waals surface area contributed by atoms with Crippen LogP contribution in [0.1, 0.15) is 45.8 Å². The van der Waals surface area contributed by atoms with Gasteiger partial charge in [0.1, 0.15) is 11.7 Å². The van der Waals surface area contributed by atoms with Crippen LogP contribution < -0.4 is 9.80 Å². The van der Waals surface area contributed by atoms with Crippen LogP contribution in [0.5, 0.6) is 0 Å². The number of aromatic nitrogens is 2. The predicted octanol–water partition coefficient (Wildman–Crippen LogP) is 4.66. The van der Waals surface area contributed by atoms with Crippen molar-refractivity contribution in [2.75, 3.05) is 29.9 Å². The van der Waals surface area contributed by atoms with Crippen molar-refractivity contribution in [1.82, 2.24) is 10.2 Å². The molecule has 1 saturated heterocycles. The third kappa shape index (κ3) is 3.66. The van der Waals surface area contributed by atoms with E-state index in [9.17, 15) is 15.2 Å². The van der Waals surface area contributed by atoms with E-state index in [1.807, 2.05) is 54.6 Å². The van der Waals surface area contributed by atoms with Gasteiger partial charge in [-0.1, -0.05) is 36.4 Å². The molecule has 190 valence electrons. The second-order valence-corrected chi connectivity index (χ2v) is 9.92.